The van der Waals surface area contributed by atoms with E-state index in [1.807, 2.05) is 0 Å². The molecular weight excluding hydrogens is 232 g/mol. The van der Waals surface area contributed by atoms with E-state index in [9.17, 15) is 0 Å². The van der Waals surface area contributed by atoms with Gasteiger partial charge >= 0.3 is 0 Å². The molecule has 1 aromatic carbocycles. The fraction of sp³-hybridized carbons (Fsp3) is 0.647. The van der Waals surface area contributed by atoms with Crippen molar-refractivity contribution >= 4 is 0 Å². The zero-order valence-corrected chi connectivity index (χ0v) is 12.5. The van der Waals surface area contributed by atoms with Crippen LogP contribution < -0.4 is 5.32 Å². The van der Waals surface area contributed by atoms with E-state index in [4.69, 9.17) is 0 Å². The smallest absolute Gasteiger partial charge is 0.0111 e. The summed E-state index contributed by atoms with van der Waals surface area (Å²) in [5.74, 6) is 0. The molecule has 1 atom stereocenters. The van der Waals surface area contributed by atoms with Gasteiger partial charge in [-0.25, -0.2) is 0 Å². The van der Waals surface area contributed by atoms with E-state index in [0.29, 0.717) is 6.04 Å². The van der Waals surface area contributed by atoms with Gasteiger partial charge in [-0.1, -0.05) is 38.1 Å². The number of likely N-dealkylation sites (N-methyl/N-ethyl adjacent to an activating group) is 1. The van der Waals surface area contributed by atoms with Gasteiger partial charge in [-0.2, -0.15) is 0 Å². The van der Waals surface area contributed by atoms with Gasteiger partial charge in [0.05, 0.1) is 0 Å². The highest BCUT2D eigenvalue weighted by Gasteiger charge is 2.17. The Kier molecular flexibility index (Phi) is 5.87. The van der Waals surface area contributed by atoms with Crippen LogP contribution >= 0.6 is 0 Å². The molecule has 0 heterocycles. The van der Waals surface area contributed by atoms with Gasteiger partial charge in [0.25, 0.3) is 0 Å². The first-order valence-electron chi connectivity index (χ1n) is 7.86. The number of nitrogens with zero attached hydrogens (tertiary/aromatic N) is 1. The highest BCUT2D eigenvalue weighted by molar-refractivity contribution is 5.30. The van der Waals surface area contributed by atoms with Gasteiger partial charge in [0, 0.05) is 19.1 Å². The molecule has 0 fully saturated rings. The molecule has 1 aromatic rings. The molecule has 0 radical (unpaired) electrons. The normalized spacial score (nSPS) is 18.6. The maximum absolute atomic E-state index is 3.74. The SMILES string of the molecule is CCCN(CC)CCNC1CCc2ccccc2C1. The highest BCUT2D eigenvalue weighted by atomic mass is 15.1. The second-order valence-corrected chi connectivity index (χ2v) is 5.60. The van der Waals surface area contributed by atoms with Gasteiger partial charge < -0.3 is 10.2 Å². The van der Waals surface area contributed by atoms with Crippen molar-refractivity contribution in [2.45, 2.75) is 45.6 Å². The van der Waals surface area contributed by atoms with Crippen LogP contribution in [-0.4, -0.2) is 37.1 Å². The Hall–Kier alpha value is -0.860. The summed E-state index contributed by atoms with van der Waals surface area (Å²) in [4.78, 5) is 2.53. The summed E-state index contributed by atoms with van der Waals surface area (Å²) in [6.07, 6.45) is 4.98. The van der Waals surface area contributed by atoms with Crippen LogP contribution in [0.1, 0.15) is 37.8 Å². The minimum Gasteiger partial charge on any atom is -0.312 e. The van der Waals surface area contributed by atoms with E-state index >= 15 is 0 Å². The number of fused-ring (bicyclic) bond motifs is 1. The minimum atomic E-state index is 0.676. The third kappa shape index (κ3) is 4.32. The fourth-order valence-electron chi connectivity index (χ4n) is 3.04. The first-order valence-corrected chi connectivity index (χ1v) is 7.86. The van der Waals surface area contributed by atoms with Gasteiger partial charge in [-0.15, -0.1) is 0 Å². The van der Waals surface area contributed by atoms with Crippen molar-refractivity contribution in [1.82, 2.24) is 10.2 Å². The number of hydrogen-bond donors (Lipinski definition) is 1. The summed E-state index contributed by atoms with van der Waals surface area (Å²) in [5.41, 5.74) is 3.11. The molecule has 0 saturated carbocycles. The summed E-state index contributed by atoms with van der Waals surface area (Å²) >= 11 is 0. The molecule has 2 nitrogen and oxygen atoms in total. The Balaban J connectivity index is 1.73. The van der Waals surface area contributed by atoms with E-state index in [1.54, 1.807) is 11.1 Å². The van der Waals surface area contributed by atoms with Crippen LogP contribution in [0.5, 0.6) is 0 Å². The van der Waals surface area contributed by atoms with Gasteiger partial charge in [0.2, 0.25) is 0 Å². The van der Waals surface area contributed by atoms with Crippen molar-refractivity contribution in [3.63, 3.8) is 0 Å². The molecule has 0 aliphatic heterocycles. The summed E-state index contributed by atoms with van der Waals surface area (Å²) in [7, 11) is 0. The topological polar surface area (TPSA) is 15.3 Å². The first-order chi connectivity index (χ1) is 9.33. The summed E-state index contributed by atoms with van der Waals surface area (Å²) < 4.78 is 0. The Morgan fingerprint density at radius 3 is 2.68 bits per heavy atom. The Morgan fingerprint density at radius 2 is 1.95 bits per heavy atom. The lowest BCUT2D eigenvalue weighted by atomic mass is 9.88. The van der Waals surface area contributed by atoms with Gasteiger partial charge in [0.15, 0.2) is 0 Å². The van der Waals surface area contributed by atoms with Crippen LogP contribution in [0, 0.1) is 0 Å². The van der Waals surface area contributed by atoms with Crippen LogP contribution in [0.3, 0.4) is 0 Å². The van der Waals surface area contributed by atoms with Crippen molar-refractivity contribution < 1.29 is 0 Å². The third-order valence-corrected chi connectivity index (χ3v) is 4.19. The minimum absolute atomic E-state index is 0.676. The maximum Gasteiger partial charge on any atom is 0.0111 e. The number of benzene rings is 1. The number of rotatable bonds is 7. The van der Waals surface area contributed by atoms with Crippen LogP contribution in [0.4, 0.5) is 0 Å². The molecule has 0 amide bonds. The van der Waals surface area contributed by atoms with Crippen molar-refractivity contribution in [3.05, 3.63) is 35.4 Å². The lowest BCUT2D eigenvalue weighted by molar-refractivity contribution is 0.280. The van der Waals surface area contributed by atoms with Gasteiger partial charge in [-0.05, 0) is 49.9 Å². The molecule has 1 aliphatic rings. The lowest BCUT2D eigenvalue weighted by Crippen LogP contribution is -2.40. The van der Waals surface area contributed by atoms with E-state index in [-0.39, 0.29) is 0 Å². The monoisotopic (exact) mass is 260 g/mol. The molecule has 0 saturated heterocycles. The average molecular weight is 260 g/mol. The predicted octanol–water partition coefficient (Wildman–Crippen LogP) is 2.87. The number of hydrogen-bond acceptors (Lipinski definition) is 2. The van der Waals surface area contributed by atoms with Crippen LogP contribution in [0.15, 0.2) is 24.3 Å². The molecule has 1 aliphatic carbocycles. The molecule has 2 heteroatoms. The Morgan fingerprint density at radius 1 is 1.16 bits per heavy atom. The van der Waals surface area contributed by atoms with Crippen LogP contribution in [0.25, 0.3) is 0 Å². The molecule has 0 aromatic heterocycles. The lowest BCUT2D eigenvalue weighted by Gasteiger charge is -2.27. The first kappa shape index (κ1) is 14.5. The number of aryl methyl sites for hydroxylation is 1. The van der Waals surface area contributed by atoms with E-state index < -0.39 is 0 Å². The van der Waals surface area contributed by atoms with Gasteiger partial charge in [0.1, 0.15) is 0 Å². The standard InChI is InChI=1S/C17H28N2/c1-3-12-19(4-2)13-11-18-17-10-9-15-7-5-6-8-16(15)14-17/h5-8,17-18H,3-4,9-14H2,1-2H3. The molecule has 106 valence electrons. The van der Waals surface area contributed by atoms with Gasteiger partial charge in [-0.3, -0.25) is 0 Å². The Bertz CT molecular complexity index is 375. The summed E-state index contributed by atoms with van der Waals surface area (Å²) in [5, 5.41) is 3.74. The maximum atomic E-state index is 3.74. The van der Waals surface area contributed by atoms with Crippen molar-refractivity contribution in [1.29, 1.82) is 0 Å². The van der Waals surface area contributed by atoms with Crippen molar-refractivity contribution in [2.24, 2.45) is 0 Å². The number of nitrogens with one attached hydrogen (secondary N) is 1. The van der Waals surface area contributed by atoms with Crippen molar-refractivity contribution in [3.8, 4) is 0 Å². The average Bonchev–Trinajstić information content (AvgIpc) is 2.46. The van der Waals surface area contributed by atoms with Crippen LogP contribution in [0.2, 0.25) is 0 Å². The molecule has 1 unspecified atom stereocenters. The Labute approximate surface area is 118 Å². The molecule has 19 heavy (non-hydrogen) atoms. The van der Waals surface area contributed by atoms with E-state index in [1.165, 1.54) is 45.3 Å². The fourth-order valence-corrected chi connectivity index (χ4v) is 3.04. The zero-order chi connectivity index (χ0) is 13.5. The molecule has 0 spiro atoms. The largest absolute Gasteiger partial charge is 0.312 e. The highest BCUT2D eigenvalue weighted by Crippen LogP contribution is 2.20. The predicted molar refractivity (Wildman–Crippen MR) is 82.7 cm³/mol. The molecular formula is C17H28N2. The molecule has 0 bridgehead atoms. The summed E-state index contributed by atoms with van der Waals surface area (Å²) in [6, 6.07) is 9.58. The second kappa shape index (κ2) is 7.66. The van der Waals surface area contributed by atoms with E-state index in [0.717, 1.165) is 6.54 Å². The molecule has 1 N–H and O–H groups in total. The molecule has 2 rings (SSSR count). The zero-order valence-electron chi connectivity index (χ0n) is 12.5. The van der Waals surface area contributed by atoms with E-state index in [2.05, 4.69) is 48.3 Å². The third-order valence-electron chi connectivity index (χ3n) is 4.19. The quantitative estimate of drug-likeness (QED) is 0.811. The van der Waals surface area contributed by atoms with Crippen molar-refractivity contribution in [2.75, 3.05) is 26.2 Å². The second-order valence-electron chi connectivity index (χ2n) is 5.60. The summed E-state index contributed by atoms with van der Waals surface area (Å²) in [6.45, 7) is 9.22. The van der Waals surface area contributed by atoms with Crippen LogP contribution in [-0.2, 0) is 12.8 Å².